The van der Waals surface area contributed by atoms with E-state index in [1.807, 2.05) is 20.0 Å². The van der Waals surface area contributed by atoms with Gasteiger partial charge in [-0.25, -0.2) is 8.42 Å². The van der Waals surface area contributed by atoms with Crippen molar-refractivity contribution < 1.29 is 8.42 Å². The monoisotopic (exact) mass is 372 g/mol. The summed E-state index contributed by atoms with van der Waals surface area (Å²) >= 11 is 3.35. The highest BCUT2D eigenvalue weighted by atomic mass is 79.9. The number of nitrogens with one attached hydrogen (secondary N) is 2. The summed E-state index contributed by atoms with van der Waals surface area (Å²) in [5.41, 5.74) is 1.48. The molecule has 8 heteroatoms. The number of aromatic nitrogens is 2. The van der Waals surface area contributed by atoms with E-state index in [2.05, 4.69) is 31.1 Å². The van der Waals surface area contributed by atoms with Crippen LogP contribution in [0.1, 0.15) is 5.56 Å². The Kier molecular flexibility index (Phi) is 5.02. The molecule has 1 aromatic carbocycles. The van der Waals surface area contributed by atoms with Crippen LogP contribution in [-0.4, -0.2) is 31.8 Å². The standard InChI is InChI=1S/C13H17BrN4O2S/c1-10-5-11(14)7-12(6-10)17-21(19,20)13-8-16-18(9-13)4-3-15-2/h5-9,15,17H,3-4H2,1-2H3. The van der Waals surface area contributed by atoms with Crippen LogP contribution in [0.4, 0.5) is 5.69 Å². The fourth-order valence-corrected chi connectivity index (χ4v) is 3.44. The van der Waals surface area contributed by atoms with Crippen LogP contribution in [0.2, 0.25) is 0 Å². The minimum Gasteiger partial charge on any atom is -0.318 e. The first kappa shape index (κ1) is 16.0. The molecule has 0 aliphatic rings. The van der Waals surface area contributed by atoms with Crippen LogP contribution in [0.5, 0.6) is 0 Å². The van der Waals surface area contributed by atoms with Gasteiger partial charge in [-0.3, -0.25) is 9.40 Å². The van der Waals surface area contributed by atoms with Crippen molar-refractivity contribution in [2.45, 2.75) is 18.4 Å². The quantitative estimate of drug-likeness (QED) is 0.812. The number of likely N-dealkylation sites (N-methyl/N-ethyl adjacent to an activating group) is 1. The zero-order valence-electron chi connectivity index (χ0n) is 11.8. The van der Waals surface area contributed by atoms with Gasteiger partial charge in [0.15, 0.2) is 0 Å². The molecule has 1 aromatic heterocycles. The number of aryl methyl sites for hydroxylation is 1. The van der Waals surface area contributed by atoms with E-state index >= 15 is 0 Å². The van der Waals surface area contributed by atoms with Crippen molar-refractivity contribution in [1.29, 1.82) is 0 Å². The zero-order chi connectivity index (χ0) is 15.5. The van der Waals surface area contributed by atoms with E-state index in [4.69, 9.17) is 0 Å². The molecule has 0 aliphatic heterocycles. The molecule has 2 N–H and O–H groups in total. The van der Waals surface area contributed by atoms with Crippen molar-refractivity contribution in [3.63, 3.8) is 0 Å². The summed E-state index contributed by atoms with van der Waals surface area (Å²) in [6.07, 6.45) is 2.87. The average Bonchev–Trinajstić information content (AvgIpc) is 2.84. The lowest BCUT2D eigenvalue weighted by molar-refractivity contribution is 0.582. The van der Waals surface area contributed by atoms with Gasteiger partial charge in [0.25, 0.3) is 10.0 Å². The normalized spacial score (nSPS) is 11.6. The number of hydrogen-bond donors (Lipinski definition) is 2. The van der Waals surface area contributed by atoms with Gasteiger partial charge in [-0.2, -0.15) is 5.10 Å². The predicted molar refractivity (Wildman–Crippen MR) is 85.8 cm³/mol. The molecule has 0 aliphatic carbocycles. The first-order valence-electron chi connectivity index (χ1n) is 6.38. The van der Waals surface area contributed by atoms with E-state index in [1.54, 1.807) is 16.8 Å². The number of sulfonamides is 1. The van der Waals surface area contributed by atoms with E-state index in [0.717, 1.165) is 16.6 Å². The molecule has 1 heterocycles. The molecule has 0 unspecified atom stereocenters. The summed E-state index contributed by atoms with van der Waals surface area (Å²) in [4.78, 5) is 0.149. The summed E-state index contributed by atoms with van der Waals surface area (Å²) in [6, 6.07) is 5.40. The van der Waals surface area contributed by atoms with Crippen molar-refractivity contribution in [2.24, 2.45) is 0 Å². The van der Waals surface area contributed by atoms with Gasteiger partial charge in [-0.15, -0.1) is 0 Å². The first-order chi connectivity index (χ1) is 9.90. The fourth-order valence-electron chi connectivity index (χ4n) is 1.84. The fraction of sp³-hybridized carbons (Fsp3) is 0.308. The molecule has 0 saturated heterocycles. The van der Waals surface area contributed by atoms with Gasteiger partial charge in [0.1, 0.15) is 4.90 Å². The highest BCUT2D eigenvalue weighted by molar-refractivity contribution is 9.10. The van der Waals surface area contributed by atoms with Gasteiger partial charge >= 0.3 is 0 Å². The van der Waals surface area contributed by atoms with Crippen molar-refractivity contribution in [3.8, 4) is 0 Å². The van der Waals surface area contributed by atoms with E-state index in [0.29, 0.717) is 12.2 Å². The van der Waals surface area contributed by atoms with Crippen LogP contribution in [0.15, 0.2) is 40.0 Å². The third-order valence-corrected chi connectivity index (χ3v) is 4.60. The summed E-state index contributed by atoms with van der Waals surface area (Å²) in [5, 5.41) is 7.03. The van der Waals surface area contributed by atoms with Crippen LogP contribution >= 0.6 is 15.9 Å². The second kappa shape index (κ2) is 6.59. The van der Waals surface area contributed by atoms with Gasteiger partial charge in [-0.05, 0) is 37.7 Å². The third kappa shape index (κ3) is 4.29. The van der Waals surface area contributed by atoms with E-state index in [9.17, 15) is 8.42 Å². The number of anilines is 1. The maximum Gasteiger partial charge on any atom is 0.265 e. The van der Waals surface area contributed by atoms with Crippen LogP contribution in [0.25, 0.3) is 0 Å². The molecule has 2 rings (SSSR count). The lowest BCUT2D eigenvalue weighted by Gasteiger charge is -2.07. The molecule has 0 bridgehead atoms. The number of benzene rings is 1. The van der Waals surface area contributed by atoms with Gasteiger partial charge in [-0.1, -0.05) is 15.9 Å². The highest BCUT2D eigenvalue weighted by Crippen LogP contribution is 2.21. The van der Waals surface area contributed by atoms with Crippen LogP contribution in [0.3, 0.4) is 0 Å². The Morgan fingerprint density at radius 3 is 2.76 bits per heavy atom. The molecule has 2 aromatic rings. The molecular formula is C13H17BrN4O2S. The topological polar surface area (TPSA) is 76.0 Å². The average molecular weight is 373 g/mol. The molecule has 0 fully saturated rings. The van der Waals surface area contributed by atoms with Crippen molar-refractivity contribution in [3.05, 3.63) is 40.6 Å². The SMILES string of the molecule is CNCCn1cc(S(=O)(=O)Nc2cc(C)cc(Br)c2)cn1. The van der Waals surface area contributed by atoms with Crippen LogP contribution in [-0.2, 0) is 16.6 Å². The molecule has 21 heavy (non-hydrogen) atoms. The molecular weight excluding hydrogens is 356 g/mol. The third-order valence-electron chi connectivity index (χ3n) is 2.81. The molecule has 0 atom stereocenters. The number of nitrogens with zero attached hydrogens (tertiary/aromatic N) is 2. The Hall–Kier alpha value is -1.38. The summed E-state index contributed by atoms with van der Waals surface area (Å²) in [6.45, 7) is 3.24. The van der Waals surface area contributed by atoms with Crippen molar-refractivity contribution in [1.82, 2.24) is 15.1 Å². The summed E-state index contributed by atoms with van der Waals surface area (Å²) in [5.74, 6) is 0. The Labute approximate surface area is 132 Å². The molecule has 0 saturated carbocycles. The molecule has 0 spiro atoms. The molecule has 0 amide bonds. The summed E-state index contributed by atoms with van der Waals surface area (Å²) in [7, 11) is -1.79. The Morgan fingerprint density at radius 2 is 2.10 bits per heavy atom. The van der Waals surface area contributed by atoms with Crippen molar-refractivity contribution >= 4 is 31.6 Å². The molecule has 0 radical (unpaired) electrons. The second-order valence-electron chi connectivity index (χ2n) is 4.67. The van der Waals surface area contributed by atoms with Gasteiger partial charge in [0.2, 0.25) is 0 Å². The largest absolute Gasteiger partial charge is 0.318 e. The number of hydrogen-bond acceptors (Lipinski definition) is 4. The second-order valence-corrected chi connectivity index (χ2v) is 7.26. The minimum atomic E-state index is -3.63. The lowest BCUT2D eigenvalue weighted by Crippen LogP contribution is -2.15. The maximum absolute atomic E-state index is 12.3. The Morgan fingerprint density at radius 1 is 1.33 bits per heavy atom. The maximum atomic E-state index is 12.3. The van der Waals surface area contributed by atoms with E-state index in [1.165, 1.54) is 12.4 Å². The number of halogens is 1. The Balaban J connectivity index is 2.19. The van der Waals surface area contributed by atoms with E-state index in [-0.39, 0.29) is 4.90 Å². The molecule has 6 nitrogen and oxygen atoms in total. The van der Waals surface area contributed by atoms with Crippen molar-refractivity contribution in [2.75, 3.05) is 18.3 Å². The molecule has 114 valence electrons. The van der Waals surface area contributed by atoms with E-state index < -0.39 is 10.0 Å². The predicted octanol–water partition coefficient (Wildman–Crippen LogP) is 1.97. The first-order valence-corrected chi connectivity index (χ1v) is 8.65. The Bertz CT molecular complexity index is 707. The number of rotatable bonds is 6. The van der Waals surface area contributed by atoms with Crippen LogP contribution < -0.4 is 10.0 Å². The van der Waals surface area contributed by atoms with Gasteiger partial charge in [0, 0.05) is 17.2 Å². The zero-order valence-corrected chi connectivity index (χ0v) is 14.2. The lowest BCUT2D eigenvalue weighted by atomic mass is 10.2. The summed E-state index contributed by atoms with van der Waals surface area (Å²) < 4.78 is 29.6. The van der Waals surface area contributed by atoms with Gasteiger partial charge in [0.05, 0.1) is 18.4 Å². The highest BCUT2D eigenvalue weighted by Gasteiger charge is 2.17. The van der Waals surface area contributed by atoms with Crippen LogP contribution in [0, 0.1) is 6.92 Å². The van der Waals surface area contributed by atoms with Gasteiger partial charge < -0.3 is 5.32 Å². The minimum absolute atomic E-state index is 0.149. The smallest absolute Gasteiger partial charge is 0.265 e.